The summed E-state index contributed by atoms with van der Waals surface area (Å²) in [6.07, 6.45) is 6.50. The maximum absolute atomic E-state index is 9.08. The molecule has 116 valence electrons. The van der Waals surface area contributed by atoms with Gasteiger partial charge in [-0.15, -0.1) is 0 Å². The number of hydrogen-bond acceptors (Lipinski definition) is 5. The molecule has 2 aromatic rings. The Morgan fingerprint density at radius 3 is 3.04 bits per heavy atom. The van der Waals surface area contributed by atoms with Crippen molar-refractivity contribution in [3.8, 4) is 6.07 Å². The van der Waals surface area contributed by atoms with E-state index in [1.807, 2.05) is 25.3 Å². The van der Waals surface area contributed by atoms with Gasteiger partial charge in [0.15, 0.2) is 0 Å². The first-order valence-corrected chi connectivity index (χ1v) is 8.15. The molecule has 1 fully saturated rings. The molecule has 3 heterocycles. The SMILES string of the molecule is Cc1ncc2c(n1)C1(CCCN(c3cccc(C#N)n3)C1)CC2. The molecule has 0 radical (unpaired) electrons. The van der Waals surface area contributed by atoms with E-state index in [-0.39, 0.29) is 5.41 Å². The summed E-state index contributed by atoms with van der Waals surface area (Å²) in [5, 5.41) is 9.08. The highest BCUT2D eigenvalue weighted by Gasteiger charge is 2.43. The standard InChI is InChI=1S/C18H19N5/c1-13-20-11-14-6-8-18(17(14)21-13)7-3-9-23(12-18)16-5-2-4-15(10-19)22-16/h2,4-5,11H,3,6-9,12H2,1H3. The van der Waals surface area contributed by atoms with Crippen molar-refractivity contribution >= 4 is 5.82 Å². The van der Waals surface area contributed by atoms with Gasteiger partial charge in [-0.1, -0.05) is 6.07 Å². The molecule has 23 heavy (non-hydrogen) atoms. The Balaban J connectivity index is 1.69. The predicted molar refractivity (Wildman–Crippen MR) is 87.2 cm³/mol. The molecule has 1 spiro atoms. The van der Waals surface area contributed by atoms with Crippen molar-refractivity contribution in [2.24, 2.45) is 0 Å². The lowest BCUT2D eigenvalue weighted by Crippen LogP contribution is -2.46. The third-order valence-electron chi connectivity index (χ3n) is 5.11. The molecular weight excluding hydrogens is 286 g/mol. The van der Waals surface area contributed by atoms with Gasteiger partial charge in [0.1, 0.15) is 23.4 Å². The van der Waals surface area contributed by atoms with E-state index < -0.39 is 0 Å². The second kappa shape index (κ2) is 5.31. The van der Waals surface area contributed by atoms with Crippen LogP contribution >= 0.6 is 0 Å². The van der Waals surface area contributed by atoms with Crippen molar-refractivity contribution in [1.29, 1.82) is 5.26 Å². The number of rotatable bonds is 1. The molecule has 4 rings (SSSR count). The fraction of sp³-hybridized carbons (Fsp3) is 0.444. The first kappa shape index (κ1) is 14.1. The average molecular weight is 305 g/mol. The number of anilines is 1. The van der Waals surface area contributed by atoms with E-state index in [0.717, 1.165) is 44.0 Å². The summed E-state index contributed by atoms with van der Waals surface area (Å²) in [6.45, 7) is 3.88. The second-order valence-electron chi connectivity index (χ2n) is 6.59. The molecule has 1 unspecified atom stereocenters. The van der Waals surface area contributed by atoms with Gasteiger partial charge in [0.05, 0.1) is 5.69 Å². The summed E-state index contributed by atoms with van der Waals surface area (Å²) in [4.78, 5) is 15.9. The Labute approximate surface area is 136 Å². The molecule has 0 N–H and O–H groups in total. The predicted octanol–water partition coefficient (Wildman–Crippen LogP) is 2.54. The molecular formula is C18H19N5. The molecule has 1 atom stereocenters. The van der Waals surface area contributed by atoms with E-state index in [2.05, 4.69) is 20.9 Å². The molecule has 1 saturated heterocycles. The third-order valence-corrected chi connectivity index (χ3v) is 5.11. The molecule has 5 heteroatoms. The zero-order valence-electron chi connectivity index (χ0n) is 13.3. The molecule has 0 amide bonds. The maximum atomic E-state index is 9.08. The minimum absolute atomic E-state index is 0.117. The summed E-state index contributed by atoms with van der Waals surface area (Å²) in [5.74, 6) is 1.76. The van der Waals surface area contributed by atoms with E-state index in [4.69, 9.17) is 10.2 Å². The Morgan fingerprint density at radius 1 is 1.26 bits per heavy atom. The van der Waals surface area contributed by atoms with Crippen molar-refractivity contribution in [2.45, 2.75) is 38.0 Å². The van der Waals surface area contributed by atoms with Gasteiger partial charge in [-0.3, -0.25) is 0 Å². The number of nitrogens with zero attached hydrogens (tertiary/aromatic N) is 5. The van der Waals surface area contributed by atoms with Crippen LogP contribution in [0.3, 0.4) is 0 Å². The molecule has 1 aliphatic heterocycles. The second-order valence-corrected chi connectivity index (χ2v) is 6.59. The van der Waals surface area contributed by atoms with E-state index in [1.54, 1.807) is 6.07 Å². The van der Waals surface area contributed by atoms with Gasteiger partial charge in [-0.25, -0.2) is 15.0 Å². The van der Waals surface area contributed by atoms with E-state index in [0.29, 0.717) is 5.69 Å². The topological polar surface area (TPSA) is 65.7 Å². The van der Waals surface area contributed by atoms with Crippen molar-refractivity contribution in [3.05, 3.63) is 47.2 Å². The first-order valence-electron chi connectivity index (χ1n) is 8.15. The largest absolute Gasteiger partial charge is 0.356 e. The lowest BCUT2D eigenvalue weighted by Gasteiger charge is -2.41. The van der Waals surface area contributed by atoms with Crippen LogP contribution in [0.25, 0.3) is 0 Å². The van der Waals surface area contributed by atoms with Gasteiger partial charge in [0, 0.05) is 24.7 Å². The highest BCUT2D eigenvalue weighted by atomic mass is 15.2. The highest BCUT2D eigenvalue weighted by molar-refractivity contribution is 5.45. The van der Waals surface area contributed by atoms with Gasteiger partial charge in [-0.05, 0) is 50.3 Å². The first-order chi connectivity index (χ1) is 11.2. The number of piperidine rings is 1. The number of fused-ring (bicyclic) bond motifs is 2. The summed E-state index contributed by atoms with van der Waals surface area (Å²) in [7, 11) is 0. The Hall–Kier alpha value is -2.48. The average Bonchev–Trinajstić information content (AvgIpc) is 2.92. The van der Waals surface area contributed by atoms with Crippen molar-refractivity contribution < 1.29 is 0 Å². The van der Waals surface area contributed by atoms with Gasteiger partial charge in [0.25, 0.3) is 0 Å². The zero-order valence-corrected chi connectivity index (χ0v) is 13.3. The Morgan fingerprint density at radius 2 is 2.17 bits per heavy atom. The minimum atomic E-state index is 0.117. The van der Waals surface area contributed by atoms with Crippen molar-refractivity contribution in [3.63, 3.8) is 0 Å². The normalized spacial score (nSPS) is 22.9. The summed E-state index contributed by atoms with van der Waals surface area (Å²) < 4.78 is 0. The van der Waals surface area contributed by atoms with Crippen LogP contribution in [0.4, 0.5) is 5.82 Å². The summed E-state index contributed by atoms with van der Waals surface area (Å²) >= 11 is 0. The van der Waals surface area contributed by atoms with E-state index in [9.17, 15) is 0 Å². The number of aromatic nitrogens is 3. The molecule has 5 nitrogen and oxygen atoms in total. The van der Waals surface area contributed by atoms with Gasteiger partial charge < -0.3 is 4.90 Å². The monoisotopic (exact) mass is 305 g/mol. The quantitative estimate of drug-likeness (QED) is 0.810. The van der Waals surface area contributed by atoms with Crippen molar-refractivity contribution in [2.75, 3.05) is 18.0 Å². The molecule has 0 saturated carbocycles. The number of aryl methyl sites for hydroxylation is 2. The van der Waals surface area contributed by atoms with Crippen LogP contribution in [0.5, 0.6) is 0 Å². The number of pyridine rings is 1. The fourth-order valence-corrected chi connectivity index (χ4v) is 4.02. The van der Waals surface area contributed by atoms with Gasteiger partial charge in [-0.2, -0.15) is 5.26 Å². The molecule has 2 aromatic heterocycles. The number of nitriles is 1. The maximum Gasteiger partial charge on any atom is 0.142 e. The minimum Gasteiger partial charge on any atom is -0.356 e. The van der Waals surface area contributed by atoms with Crippen LogP contribution in [0.15, 0.2) is 24.4 Å². The van der Waals surface area contributed by atoms with Crippen LogP contribution in [0.2, 0.25) is 0 Å². The smallest absolute Gasteiger partial charge is 0.142 e. The van der Waals surface area contributed by atoms with Crippen LogP contribution in [-0.2, 0) is 11.8 Å². The Bertz CT molecular complexity index is 790. The number of hydrogen-bond donors (Lipinski definition) is 0. The summed E-state index contributed by atoms with van der Waals surface area (Å²) in [5.41, 5.74) is 3.14. The van der Waals surface area contributed by atoms with Crippen LogP contribution in [0, 0.1) is 18.3 Å². The molecule has 0 bridgehead atoms. The molecule has 2 aliphatic rings. The summed E-state index contributed by atoms with van der Waals surface area (Å²) in [6, 6.07) is 7.80. The van der Waals surface area contributed by atoms with Crippen LogP contribution < -0.4 is 4.90 Å². The van der Waals surface area contributed by atoms with Crippen molar-refractivity contribution in [1.82, 2.24) is 15.0 Å². The lowest BCUT2D eigenvalue weighted by molar-refractivity contribution is 0.333. The van der Waals surface area contributed by atoms with Crippen LogP contribution in [0.1, 0.15) is 42.0 Å². The molecule has 0 aromatic carbocycles. The van der Waals surface area contributed by atoms with E-state index in [1.165, 1.54) is 17.7 Å². The van der Waals surface area contributed by atoms with Gasteiger partial charge >= 0.3 is 0 Å². The van der Waals surface area contributed by atoms with Crippen LogP contribution in [-0.4, -0.2) is 28.0 Å². The Kier molecular flexibility index (Phi) is 3.26. The molecule has 1 aliphatic carbocycles. The lowest BCUT2D eigenvalue weighted by atomic mass is 9.77. The van der Waals surface area contributed by atoms with E-state index >= 15 is 0 Å². The van der Waals surface area contributed by atoms with Gasteiger partial charge in [0.2, 0.25) is 0 Å². The third kappa shape index (κ3) is 2.35. The fourth-order valence-electron chi connectivity index (χ4n) is 4.02. The zero-order chi connectivity index (χ0) is 15.9. The highest BCUT2D eigenvalue weighted by Crippen LogP contribution is 2.44.